The van der Waals surface area contributed by atoms with Crippen LogP contribution in [0.2, 0.25) is 0 Å². The van der Waals surface area contributed by atoms with Crippen LogP contribution in [0.4, 0.5) is 0 Å². The van der Waals surface area contributed by atoms with Gasteiger partial charge in [-0.25, -0.2) is 0 Å². The minimum absolute atomic E-state index is 0.137. The highest BCUT2D eigenvalue weighted by Gasteiger charge is 2.44. The van der Waals surface area contributed by atoms with E-state index in [9.17, 15) is 30.3 Å². The Bertz CT molecular complexity index is 1180. The summed E-state index contributed by atoms with van der Waals surface area (Å²) in [5.74, 6) is -0.144. The highest BCUT2D eigenvalue weighted by molar-refractivity contribution is 5.76. The molecule has 426 valence electrons. The van der Waals surface area contributed by atoms with Crippen molar-refractivity contribution in [2.45, 2.75) is 358 Å². The summed E-state index contributed by atoms with van der Waals surface area (Å²) >= 11 is 0. The number of rotatable bonds is 55. The third-order valence-electron chi connectivity index (χ3n) is 15.3. The largest absolute Gasteiger partial charge is 0.394 e. The van der Waals surface area contributed by atoms with Crippen molar-refractivity contribution in [2.24, 2.45) is 0 Å². The van der Waals surface area contributed by atoms with Crippen molar-refractivity contribution in [2.75, 3.05) is 13.2 Å². The summed E-state index contributed by atoms with van der Waals surface area (Å²) in [6.45, 7) is 3.87. The number of carbonyl (C=O) groups is 1. The molecule has 0 spiro atoms. The molecular weight excluding hydrogens is 899 g/mol. The fourth-order valence-electron chi connectivity index (χ4n) is 10.3. The summed E-state index contributed by atoms with van der Waals surface area (Å²) in [7, 11) is 0. The van der Waals surface area contributed by atoms with E-state index in [-0.39, 0.29) is 12.5 Å². The molecule has 9 heteroatoms. The molecule has 0 bridgehead atoms. The van der Waals surface area contributed by atoms with E-state index in [0.717, 1.165) is 44.9 Å². The summed E-state index contributed by atoms with van der Waals surface area (Å²) < 4.78 is 11.3. The number of unbranched alkanes of at least 4 members (excludes halogenated alkanes) is 41. The maximum absolute atomic E-state index is 13.1. The molecule has 1 fully saturated rings. The van der Waals surface area contributed by atoms with Crippen LogP contribution in [-0.2, 0) is 14.3 Å². The second-order valence-electron chi connectivity index (χ2n) is 22.2. The van der Waals surface area contributed by atoms with Gasteiger partial charge in [0.25, 0.3) is 0 Å². The van der Waals surface area contributed by atoms with E-state index in [1.54, 1.807) is 0 Å². The van der Waals surface area contributed by atoms with Gasteiger partial charge in [0.1, 0.15) is 24.4 Å². The van der Waals surface area contributed by atoms with Gasteiger partial charge in [-0.2, -0.15) is 0 Å². The van der Waals surface area contributed by atoms with Crippen molar-refractivity contribution in [3.05, 3.63) is 24.3 Å². The molecule has 1 aliphatic heterocycles. The van der Waals surface area contributed by atoms with Gasteiger partial charge in [0.2, 0.25) is 5.91 Å². The van der Waals surface area contributed by atoms with E-state index in [1.165, 1.54) is 244 Å². The van der Waals surface area contributed by atoms with Gasteiger partial charge in [-0.1, -0.05) is 289 Å². The van der Waals surface area contributed by atoms with Gasteiger partial charge in [0.05, 0.1) is 25.4 Å². The Morgan fingerprint density at radius 1 is 0.472 bits per heavy atom. The average Bonchev–Trinajstić information content (AvgIpc) is 3.38. The summed E-state index contributed by atoms with van der Waals surface area (Å²) in [6, 6.07) is -0.721. The van der Waals surface area contributed by atoms with Crippen LogP contribution in [0.1, 0.15) is 316 Å². The third kappa shape index (κ3) is 41.9. The number of aliphatic hydroxyl groups is 5. The molecule has 72 heavy (non-hydrogen) atoms. The normalized spacial score (nSPS) is 19.2. The zero-order valence-corrected chi connectivity index (χ0v) is 47.5. The maximum Gasteiger partial charge on any atom is 0.220 e. The fourth-order valence-corrected chi connectivity index (χ4v) is 10.3. The first kappa shape index (κ1) is 68.7. The van der Waals surface area contributed by atoms with Crippen molar-refractivity contribution < 1.29 is 39.8 Å². The molecule has 0 saturated carbocycles. The first-order chi connectivity index (χ1) is 35.3. The number of allylic oxidation sites excluding steroid dienone is 4. The van der Waals surface area contributed by atoms with Crippen LogP contribution in [0.3, 0.4) is 0 Å². The average molecular weight is 1020 g/mol. The number of hydrogen-bond donors (Lipinski definition) is 6. The Morgan fingerprint density at radius 3 is 1.19 bits per heavy atom. The lowest BCUT2D eigenvalue weighted by Gasteiger charge is -2.40. The molecule has 1 heterocycles. The predicted molar refractivity (Wildman–Crippen MR) is 304 cm³/mol. The highest BCUT2D eigenvalue weighted by atomic mass is 16.7. The zero-order valence-electron chi connectivity index (χ0n) is 47.5. The Morgan fingerprint density at radius 2 is 0.819 bits per heavy atom. The van der Waals surface area contributed by atoms with Crippen molar-refractivity contribution >= 4 is 5.91 Å². The molecule has 0 aromatic carbocycles. The lowest BCUT2D eigenvalue weighted by molar-refractivity contribution is -0.302. The molecule has 7 atom stereocenters. The van der Waals surface area contributed by atoms with Crippen molar-refractivity contribution in [1.82, 2.24) is 5.32 Å². The molecule has 9 nitrogen and oxygen atoms in total. The van der Waals surface area contributed by atoms with E-state index in [2.05, 4.69) is 43.5 Å². The summed E-state index contributed by atoms with van der Waals surface area (Å²) in [6.07, 6.45) is 60.8. The van der Waals surface area contributed by atoms with Crippen molar-refractivity contribution in [3.8, 4) is 0 Å². The Labute approximate surface area is 445 Å². The number of hydrogen-bond acceptors (Lipinski definition) is 8. The molecule has 0 aromatic rings. The Balaban J connectivity index is 2.15. The van der Waals surface area contributed by atoms with E-state index < -0.39 is 49.5 Å². The number of carbonyl (C=O) groups excluding carboxylic acids is 1. The van der Waals surface area contributed by atoms with E-state index >= 15 is 0 Å². The van der Waals surface area contributed by atoms with Crippen molar-refractivity contribution in [3.63, 3.8) is 0 Å². The SMILES string of the molecule is CCCCCCC/C=C\C/C=C\CCCCCCCCCCCC(=O)NC(COC1OC(CO)C(O)C(O)C1O)C(O)CCCCCCCCCCCCCCCCCCCCCCCCCCCCCC. The summed E-state index contributed by atoms with van der Waals surface area (Å²) in [4.78, 5) is 13.1. The van der Waals surface area contributed by atoms with Gasteiger partial charge < -0.3 is 40.3 Å². The van der Waals surface area contributed by atoms with Crippen molar-refractivity contribution in [1.29, 1.82) is 0 Å². The van der Waals surface area contributed by atoms with Gasteiger partial charge in [-0.3, -0.25) is 4.79 Å². The van der Waals surface area contributed by atoms with Crippen LogP contribution >= 0.6 is 0 Å². The molecule has 7 unspecified atom stereocenters. The lowest BCUT2D eigenvalue weighted by atomic mass is 9.99. The van der Waals surface area contributed by atoms with Gasteiger partial charge in [-0.05, 0) is 44.9 Å². The molecule has 1 saturated heterocycles. The molecule has 6 N–H and O–H groups in total. The molecular formula is C63H121NO8. The standard InChI is InChI=1S/C63H121NO8/c1-3-5-7-9-11-13-15-17-19-21-23-25-26-27-28-29-30-31-33-34-36-38-40-42-44-46-48-50-52-57(66)56(55-71-63-62(70)61(69)60(68)58(54-65)72-63)64-59(67)53-51-49-47-45-43-41-39-37-35-32-24-22-20-18-16-14-12-10-8-6-4-2/h16,18,22,24,56-58,60-63,65-66,68-70H,3-15,17,19-21,23,25-55H2,1-2H3,(H,64,67)/b18-16-,24-22-. The molecule has 0 radical (unpaired) electrons. The van der Waals surface area contributed by atoms with Gasteiger partial charge in [-0.15, -0.1) is 0 Å². The molecule has 0 aromatic heterocycles. The van der Waals surface area contributed by atoms with Gasteiger partial charge in [0, 0.05) is 6.42 Å². The fraction of sp³-hybridized carbons (Fsp3) is 0.921. The lowest BCUT2D eigenvalue weighted by Crippen LogP contribution is -2.60. The zero-order chi connectivity index (χ0) is 52.2. The summed E-state index contributed by atoms with van der Waals surface area (Å²) in [5.41, 5.74) is 0. The number of aliphatic hydroxyl groups excluding tert-OH is 5. The van der Waals surface area contributed by atoms with Crippen LogP contribution < -0.4 is 5.32 Å². The first-order valence-corrected chi connectivity index (χ1v) is 31.5. The monoisotopic (exact) mass is 1020 g/mol. The van der Waals surface area contributed by atoms with Crippen LogP contribution in [0.25, 0.3) is 0 Å². The van der Waals surface area contributed by atoms with E-state index in [0.29, 0.717) is 12.8 Å². The van der Waals surface area contributed by atoms with Gasteiger partial charge >= 0.3 is 0 Å². The number of nitrogens with one attached hydrogen (secondary N) is 1. The van der Waals surface area contributed by atoms with E-state index in [4.69, 9.17) is 9.47 Å². The second kappa shape index (κ2) is 53.1. The Hall–Kier alpha value is -1.33. The predicted octanol–water partition coefficient (Wildman–Crippen LogP) is 16.1. The maximum atomic E-state index is 13.1. The van der Waals surface area contributed by atoms with Gasteiger partial charge in [0.15, 0.2) is 6.29 Å². The number of ether oxygens (including phenoxy) is 2. The first-order valence-electron chi connectivity index (χ1n) is 31.5. The smallest absolute Gasteiger partial charge is 0.220 e. The number of amides is 1. The van der Waals surface area contributed by atoms with Crippen LogP contribution in [0, 0.1) is 0 Å². The minimum atomic E-state index is -1.55. The Kier molecular flexibility index (Phi) is 50.6. The van der Waals surface area contributed by atoms with Crippen LogP contribution in [-0.4, -0.2) is 87.5 Å². The molecule has 1 amide bonds. The highest BCUT2D eigenvalue weighted by Crippen LogP contribution is 2.23. The van der Waals surface area contributed by atoms with Crippen LogP contribution in [0.5, 0.6) is 0 Å². The summed E-state index contributed by atoms with van der Waals surface area (Å²) in [5, 5.41) is 54.8. The topological polar surface area (TPSA) is 149 Å². The van der Waals surface area contributed by atoms with Crippen LogP contribution in [0.15, 0.2) is 24.3 Å². The quantitative estimate of drug-likeness (QED) is 0.0261. The molecule has 0 aliphatic carbocycles. The molecule has 1 aliphatic rings. The van der Waals surface area contributed by atoms with E-state index in [1.807, 2.05) is 0 Å². The second-order valence-corrected chi connectivity index (χ2v) is 22.2. The molecule has 1 rings (SSSR count). The third-order valence-corrected chi connectivity index (χ3v) is 15.3. The minimum Gasteiger partial charge on any atom is -0.394 e.